The standard InChI is InChI=1S/C14H16O4/c15-8-1-2-9-11(7-8)12-10(13(9)16)3-4-14(12)17-5-6-18-14/h2,10-12H,1,3-7H2/t10-,11-,12+/m1/s1. The fourth-order valence-electron chi connectivity index (χ4n) is 4.33. The fraction of sp³-hybridized carbons (Fsp3) is 0.714. The Morgan fingerprint density at radius 3 is 2.72 bits per heavy atom. The molecule has 0 aromatic heterocycles. The summed E-state index contributed by atoms with van der Waals surface area (Å²) in [6, 6.07) is 0. The predicted octanol–water partition coefficient (Wildman–Crippen LogP) is 1.24. The monoisotopic (exact) mass is 248 g/mol. The van der Waals surface area contributed by atoms with Gasteiger partial charge in [-0.3, -0.25) is 9.59 Å². The first kappa shape index (κ1) is 10.9. The molecule has 0 aromatic carbocycles. The van der Waals surface area contributed by atoms with Crippen LogP contribution in [0.4, 0.5) is 0 Å². The molecule has 3 aliphatic carbocycles. The Bertz CT molecular complexity index is 458. The third kappa shape index (κ3) is 1.22. The summed E-state index contributed by atoms with van der Waals surface area (Å²) in [6.45, 7) is 1.22. The van der Waals surface area contributed by atoms with Gasteiger partial charge in [-0.05, 0) is 12.0 Å². The maximum atomic E-state index is 12.4. The van der Waals surface area contributed by atoms with Crippen molar-refractivity contribution in [3.63, 3.8) is 0 Å². The van der Waals surface area contributed by atoms with E-state index in [1.165, 1.54) is 0 Å². The lowest BCUT2D eigenvalue weighted by Gasteiger charge is -2.33. The summed E-state index contributed by atoms with van der Waals surface area (Å²) < 4.78 is 11.7. The van der Waals surface area contributed by atoms with Crippen molar-refractivity contribution >= 4 is 11.6 Å². The number of ketones is 2. The number of carbonyl (C=O) groups is 2. The number of fused-ring (bicyclic) bond motifs is 4. The third-order valence-electron chi connectivity index (χ3n) is 4.97. The third-order valence-corrected chi connectivity index (χ3v) is 4.97. The van der Waals surface area contributed by atoms with Crippen LogP contribution in [-0.2, 0) is 19.1 Å². The van der Waals surface area contributed by atoms with Crippen molar-refractivity contribution in [1.29, 1.82) is 0 Å². The minimum atomic E-state index is -0.571. The van der Waals surface area contributed by atoms with Crippen molar-refractivity contribution in [2.24, 2.45) is 17.8 Å². The molecule has 4 rings (SSSR count). The molecule has 18 heavy (non-hydrogen) atoms. The number of carbonyl (C=O) groups excluding carboxylic acids is 2. The van der Waals surface area contributed by atoms with Gasteiger partial charge >= 0.3 is 0 Å². The highest BCUT2D eigenvalue weighted by Crippen LogP contribution is 2.58. The van der Waals surface area contributed by atoms with Crippen LogP contribution in [0, 0.1) is 17.8 Å². The first-order valence-electron chi connectivity index (χ1n) is 6.75. The number of ether oxygens (including phenoxy) is 2. The SMILES string of the molecule is O=C1CC=C2C(=O)[C@@H]3CCC4(OCCO4)[C@@H]3[C@@H]2C1. The zero-order valence-electron chi connectivity index (χ0n) is 10.2. The molecule has 4 nitrogen and oxygen atoms in total. The Hall–Kier alpha value is -1.00. The Balaban J connectivity index is 1.77. The van der Waals surface area contributed by atoms with E-state index in [9.17, 15) is 9.59 Å². The zero-order chi connectivity index (χ0) is 12.3. The van der Waals surface area contributed by atoms with Gasteiger partial charge < -0.3 is 9.47 Å². The van der Waals surface area contributed by atoms with Gasteiger partial charge in [0.05, 0.1) is 13.2 Å². The number of hydrogen-bond acceptors (Lipinski definition) is 4. The molecule has 0 amide bonds. The van der Waals surface area contributed by atoms with E-state index in [1.807, 2.05) is 6.08 Å². The first-order chi connectivity index (χ1) is 8.71. The Kier molecular flexibility index (Phi) is 2.12. The predicted molar refractivity (Wildman–Crippen MR) is 61.7 cm³/mol. The molecule has 3 atom stereocenters. The minimum absolute atomic E-state index is 0.0187. The number of hydrogen-bond donors (Lipinski definition) is 0. The maximum absolute atomic E-state index is 12.4. The Morgan fingerprint density at radius 1 is 1.17 bits per heavy atom. The first-order valence-corrected chi connectivity index (χ1v) is 6.75. The van der Waals surface area contributed by atoms with Gasteiger partial charge in [0.2, 0.25) is 0 Å². The molecular weight excluding hydrogens is 232 g/mol. The van der Waals surface area contributed by atoms with Gasteiger partial charge in [-0.25, -0.2) is 0 Å². The molecular formula is C14H16O4. The van der Waals surface area contributed by atoms with E-state index in [2.05, 4.69) is 0 Å². The van der Waals surface area contributed by atoms with E-state index in [-0.39, 0.29) is 29.3 Å². The Morgan fingerprint density at radius 2 is 1.94 bits per heavy atom. The van der Waals surface area contributed by atoms with Crippen LogP contribution in [0.1, 0.15) is 25.7 Å². The van der Waals surface area contributed by atoms with Crippen LogP contribution in [0.15, 0.2) is 11.6 Å². The molecule has 3 fully saturated rings. The zero-order valence-corrected chi connectivity index (χ0v) is 10.2. The second kappa shape index (κ2) is 3.52. The highest BCUT2D eigenvalue weighted by Gasteiger charge is 2.63. The van der Waals surface area contributed by atoms with Crippen LogP contribution in [0.5, 0.6) is 0 Å². The second-order valence-corrected chi connectivity index (χ2v) is 5.76. The molecule has 0 bridgehead atoms. The quantitative estimate of drug-likeness (QED) is 0.647. The van der Waals surface area contributed by atoms with Gasteiger partial charge in [-0.15, -0.1) is 0 Å². The van der Waals surface area contributed by atoms with Crippen LogP contribution in [0.2, 0.25) is 0 Å². The average Bonchev–Trinajstić information content (AvgIpc) is 3.02. The molecule has 0 radical (unpaired) electrons. The molecule has 1 aliphatic heterocycles. The smallest absolute Gasteiger partial charge is 0.172 e. The lowest BCUT2D eigenvalue weighted by Crippen LogP contribution is -2.39. The summed E-state index contributed by atoms with van der Waals surface area (Å²) in [7, 11) is 0. The molecule has 0 N–H and O–H groups in total. The summed E-state index contributed by atoms with van der Waals surface area (Å²) in [5, 5.41) is 0. The van der Waals surface area contributed by atoms with E-state index in [0.717, 1.165) is 18.4 Å². The van der Waals surface area contributed by atoms with Crippen molar-refractivity contribution in [2.45, 2.75) is 31.5 Å². The largest absolute Gasteiger partial charge is 0.347 e. The molecule has 1 spiro atoms. The molecule has 1 saturated heterocycles. The van der Waals surface area contributed by atoms with Crippen molar-refractivity contribution in [3.8, 4) is 0 Å². The number of Topliss-reactive ketones (excluding diaryl/α,β-unsaturated/α-hetero) is 2. The van der Waals surface area contributed by atoms with E-state index in [0.29, 0.717) is 26.1 Å². The molecule has 4 heteroatoms. The number of rotatable bonds is 0. The molecule has 96 valence electrons. The van der Waals surface area contributed by atoms with Crippen LogP contribution in [0.3, 0.4) is 0 Å². The lowest BCUT2D eigenvalue weighted by atomic mass is 9.80. The number of allylic oxidation sites excluding steroid dienone is 2. The summed E-state index contributed by atoms with van der Waals surface area (Å²) in [5.41, 5.74) is 0.878. The summed E-state index contributed by atoms with van der Waals surface area (Å²) in [6.07, 6.45) is 4.40. The fourth-order valence-corrected chi connectivity index (χ4v) is 4.33. The normalized spacial score (nSPS) is 41.1. The molecule has 0 unspecified atom stereocenters. The summed E-state index contributed by atoms with van der Waals surface area (Å²) >= 11 is 0. The molecule has 2 saturated carbocycles. The molecule has 1 heterocycles. The van der Waals surface area contributed by atoms with Gasteiger partial charge in [0.25, 0.3) is 0 Å². The van der Waals surface area contributed by atoms with Gasteiger partial charge in [-0.2, -0.15) is 0 Å². The van der Waals surface area contributed by atoms with Crippen molar-refractivity contribution in [3.05, 3.63) is 11.6 Å². The van der Waals surface area contributed by atoms with Crippen molar-refractivity contribution < 1.29 is 19.1 Å². The van der Waals surface area contributed by atoms with Crippen molar-refractivity contribution in [1.82, 2.24) is 0 Å². The van der Waals surface area contributed by atoms with Crippen LogP contribution < -0.4 is 0 Å². The van der Waals surface area contributed by atoms with Gasteiger partial charge in [0.1, 0.15) is 5.78 Å². The van der Waals surface area contributed by atoms with E-state index in [4.69, 9.17) is 9.47 Å². The van der Waals surface area contributed by atoms with E-state index >= 15 is 0 Å². The van der Waals surface area contributed by atoms with E-state index in [1.54, 1.807) is 0 Å². The Labute approximate surface area is 105 Å². The maximum Gasteiger partial charge on any atom is 0.172 e. The molecule has 0 aromatic rings. The second-order valence-electron chi connectivity index (χ2n) is 5.76. The van der Waals surface area contributed by atoms with Gasteiger partial charge in [0.15, 0.2) is 11.6 Å². The van der Waals surface area contributed by atoms with Gasteiger partial charge in [-0.1, -0.05) is 6.08 Å². The van der Waals surface area contributed by atoms with Crippen LogP contribution >= 0.6 is 0 Å². The highest BCUT2D eigenvalue weighted by molar-refractivity contribution is 6.03. The topological polar surface area (TPSA) is 52.6 Å². The van der Waals surface area contributed by atoms with Crippen LogP contribution in [-0.4, -0.2) is 30.6 Å². The average molecular weight is 248 g/mol. The van der Waals surface area contributed by atoms with Crippen molar-refractivity contribution in [2.75, 3.05) is 13.2 Å². The molecule has 4 aliphatic rings. The van der Waals surface area contributed by atoms with Crippen LogP contribution in [0.25, 0.3) is 0 Å². The minimum Gasteiger partial charge on any atom is -0.347 e. The van der Waals surface area contributed by atoms with E-state index < -0.39 is 5.79 Å². The summed E-state index contributed by atoms with van der Waals surface area (Å²) in [4.78, 5) is 24.0. The lowest BCUT2D eigenvalue weighted by molar-refractivity contribution is -0.192. The highest BCUT2D eigenvalue weighted by atomic mass is 16.7. The van der Waals surface area contributed by atoms with Gasteiger partial charge in [0, 0.05) is 37.0 Å². The summed E-state index contributed by atoms with van der Waals surface area (Å²) in [5.74, 6) is 0.0430.